The van der Waals surface area contributed by atoms with E-state index in [0.29, 0.717) is 12.1 Å². The van der Waals surface area contributed by atoms with Gasteiger partial charge in [-0.05, 0) is 25.7 Å². The average molecular weight is 217 g/mol. The lowest BCUT2D eigenvalue weighted by molar-refractivity contribution is -0.101. The first-order valence-electron chi connectivity index (χ1n) is 5.62. The lowest BCUT2D eigenvalue weighted by Gasteiger charge is -2.29. The second-order valence-electron chi connectivity index (χ2n) is 4.03. The summed E-state index contributed by atoms with van der Waals surface area (Å²) in [6, 6.07) is 0.538. The van der Waals surface area contributed by atoms with Gasteiger partial charge in [-0.25, -0.2) is 0 Å². The highest BCUT2D eigenvalue weighted by Crippen LogP contribution is 2.20. The lowest BCUT2D eigenvalue weighted by atomic mass is 9.93. The molecule has 2 unspecified atom stereocenters. The number of hydrogen-bond acceptors (Lipinski definition) is 4. The van der Waals surface area contributed by atoms with Crippen LogP contribution in [0.3, 0.4) is 0 Å². The number of methoxy groups -OCH3 is 3. The third-order valence-electron chi connectivity index (χ3n) is 3.06. The van der Waals surface area contributed by atoms with Gasteiger partial charge in [-0.1, -0.05) is 0 Å². The van der Waals surface area contributed by atoms with E-state index in [-0.39, 0.29) is 6.29 Å². The summed E-state index contributed by atoms with van der Waals surface area (Å²) < 4.78 is 15.6. The van der Waals surface area contributed by atoms with Gasteiger partial charge < -0.3 is 19.5 Å². The molecule has 0 aromatic rings. The Morgan fingerprint density at radius 1 is 1.20 bits per heavy atom. The van der Waals surface area contributed by atoms with Crippen molar-refractivity contribution in [3.8, 4) is 0 Å². The zero-order valence-corrected chi connectivity index (χ0v) is 9.99. The van der Waals surface area contributed by atoms with Crippen molar-refractivity contribution in [2.24, 2.45) is 0 Å². The molecule has 1 fully saturated rings. The first-order valence-corrected chi connectivity index (χ1v) is 5.62. The Labute approximate surface area is 92.3 Å². The quantitative estimate of drug-likeness (QED) is 0.678. The molecule has 0 saturated heterocycles. The fraction of sp³-hybridized carbons (Fsp3) is 1.00. The van der Waals surface area contributed by atoms with Crippen LogP contribution in [-0.4, -0.2) is 46.3 Å². The summed E-state index contributed by atoms with van der Waals surface area (Å²) >= 11 is 0. The second-order valence-corrected chi connectivity index (χ2v) is 4.03. The summed E-state index contributed by atoms with van der Waals surface area (Å²) in [7, 11) is 5.11. The maximum Gasteiger partial charge on any atom is 0.169 e. The lowest BCUT2D eigenvalue weighted by Crippen LogP contribution is -2.41. The van der Waals surface area contributed by atoms with Crippen molar-refractivity contribution in [3.63, 3.8) is 0 Å². The van der Waals surface area contributed by atoms with Gasteiger partial charge in [0.15, 0.2) is 6.29 Å². The van der Waals surface area contributed by atoms with E-state index >= 15 is 0 Å². The molecule has 4 nitrogen and oxygen atoms in total. The molecule has 1 N–H and O–H groups in total. The second kappa shape index (κ2) is 7.17. The van der Waals surface area contributed by atoms with Crippen molar-refractivity contribution >= 4 is 0 Å². The first-order chi connectivity index (χ1) is 7.30. The minimum atomic E-state index is -0.145. The molecule has 1 aliphatic carbocycles. The van der Waals surface area contributed by atoms with Gasteiger partial charge in [-0.15, -0.1) is 0 Å². The van der Waals surface area contributed by atoms with Crippen molar-refractivity contribution in [1.82, 2.24) is 5.32 Å². The summed E-state index contributed by atoms with van der Waals surface area (Å²) in [5, 5.41) is 3.46. The van der Waals surface area contributed by atoms with E-state index in [4.69, 9.17) is 14.2 Å². The molecule has 2 atom stereocenters. The molecule has 0 heterocycles. The van der Waals surface area contributed by atoms with Crippen LogP contribution in [0.5, 0.6) is 0 Å². The van der Waals surface area contributed by atoms with Gasteiger partial charge in [0, 0.05) is 33.9 Å². The van der Waals surface area contributed by atoms with E-state index in [2.05, 4.69) is 5.32 Å². The molecule has 0 bridgehead atoms. The predicted octanol–water partition coefficient (Wildman–Crippen LogP) is 1.15. The average Bonchev–Trinajstić information content (AvgIpc) is 2.31. The van der Waals surface area contributed by atoms with Crippen LogP contribution in [-0.2, 0) is 14.2 Å². The van der Waals surface area contributed by atoms with E-state index in [1.54, 1.807) is 21.3 Å². The van der Waals surface area contributed by atoms with E-state index in [9.17, 15) is 0 Å². The van der Waals surface area contributed by atoms with Crippen molar-refractivity contribution in [1.29, 1.82) is 0 Å². The molecule has 1 aliphatic rings. The minimum absolute atomic E-state index is 0.145. The van der Waals surface area contributed by atoms with Crippen LogP contribution in [0.25, 0.3) is 0 Å². The van der Waals surface area contributed by atoms with Crippen LogP contribution in [0.4, 0.5) is 0 Å². The topological polar surface area (TPSA) is 39.7 Å². The molecule has 4 heteroatoms. The molecule has 0 aliphatic heterocycles. The van der Waals surface area contributed by atoms with Gasteiger partial charge >= 0.3 is 0 Å². The molecule has 0 amide bonds. The normalized spacial score (nSPS) is 27.2. The van der Waals surface area contributed by atoms with Gasteiger partial charge in [0.1, 0.15) is 0 Å². The predicted molar refractivity (Wildman–Crippen MR) is 58.9 cm³/mol. The summed E-state index contributed by atoms with van der Waals surface area (Å²) in [6.45, 7) is 0.744. The van der Waals surface area contributed by atoms with Crippen LogP contribution in [0.2, 0.25) is 0 Å². The molecule has 15 heavy (non-hydrogen) atoms. The van der Waals surface area contributed by atoms with E-state index in [1.165, 1.54) is 19.3 Å². The van der Waals surface area contributed by atoms with Crippen LogP contribution in [0.15, 0.2) is 0 Å². The molecule has 0 radical (unpaired) electrons. The van der Waals surface area contributed by atoms with Crippen LogP contribution >= 0.6 is 0 Å². The maximum atomic E-state index is 5.38. The minimum Gasteiger partial charge on any atom is -0.381 e. The first kappa shape index (κ1) is 12.9. The van der Waals surface area contributed by atoms with Crippen LogP contribution in [0, 0.1) is 0 Å². The Morgan fingerprint density at radius 3 is 2.53 bits per heavy atom. The Morgan fingerprint density at radius 2 is 1.93 bits per heavy atom. The molecule has 90 valence electrons. The molecular weight excluding hydrogens is 194 g/mol. The number of rotatable bonds is 6. The molecule has 0 spiro atoms. The molecular formula is C11H23NO3. The highest BCUT2D eigenvalue weighted by Gasteiger charge is 2.21. The third-order valence-corrected chi connectivity index (χ3v) is 3.06. The molecule has 0 aromatic heterocycles. The zero-order chi connectivity index (χ0) is 11.1. The zero-order valence-electron chi connectivity index (χ0n) is 9.99. The van der Waals surface area contributed by atoms with Crippen molar-refractivity contribution in [3.05, 3.63) is 0 Å². The third kappa shape index (κ3) is 4.47. The van der Waals surface area contributed by atoms with E-state index in [1.807, 2.05) is 0 Å². The van der Waals surface area contributed by atoms with Gasteiger partial charge in [-0.2, -0.15) is 0 Å². The highest BCUT2D eigenvalue weighted by molar-refractivity contribution is 4.78. The summed E-state index contributed by atoms with van der Waals surface area (Å²) in [5.41, 5.74) is 0. The molecule has 0 aromatic carbocycles. The summed E-state index contributed by atoms with van der Waals surface area (Å²) in [6.07, 6.45) is 5.01. The highest BCUT2D eigenvalue weighted by atomic mass is 16.7. The summed E-state index contributed by atoms with van der Waals surface area (Å²) in [5.74, 6) is 0. The van der Waals surface area contributed by atoms with Gasteiger partial charge in [-0.3, -0.25) is 0 Å². The fourth-order valence-electron chi connectivity index (χ4n) is 2.07. The van der Waals surface area contributed by atoms with Crippen LogP contribution < -0.4 is 5.32 Å². The SMILES string of the molecule is COC1CCCC(NCC(OC)OC)C1. The van der Waals surface area contributed by atoms with Gasteiger partial charge in [0.2, 0.25) is 0 Å². The fourth-order valence-corrected chi connectivity index (χ4v) is 2.07. The molecule has 1 saturated carbocycles. The Balaban J connectivity index is 2.20. The standard InChI is InChI=1S/C11H23NO3/c1-13-10-6-4-5-9(7-10)12-8-11(14-2)15-3/h9-12H,4-8H2,1-3H3. The monoisotopic (exact) mass is 217 g/mol. The summed E-state index contributed by atoms with van der Waals surface area (Å²) in [4.78, 5) is 0. The smallest absolute Gasteiger partial charge is 0.169 e. The van der Waals surface area contributed by atoms with Crippen LogP contribution in [0.1, 0.15) is 25.7 Å². The van der Waals surface area contributed by atoms with E-state index in [0.717, 1.165) is 13.0 Å². The van der Waals surface area contributed by atoms with Crippen molar-refractivity contribution in [2.45, 2.75) is 44.1 Å². The van der Waals surface area contributed by atoms with Crippen molar-refractivity contribution < 1.29 is 14.2 Å². The van der Waals surface area contributed by atoms with Crippen molar-refractivity contribution in [2.75, 3.05) is 27.9 Å². The maximum absolute atomic E-state index is 5.38. The van der Waals surface area contributed by atoms with E-state index < -0.39 is 0 Å². The number of ether oxygens (including phenoxy) is 3. The largest absolute Gasteiger partial charge is 0.381 e. The molecule has 1 rings (SSSR count). The number of nitrogens with one attached hydrogen (secondary N) is 1. The van der Waals surface area contributed by atoms with Gasteiger partial charge in [0.25, 0.3) is 0 Å². The Kier molecular flexibility index (Phi) is 6.17. The Bertz CT molecular complexity index is 162. The van der Waals surface area contributed by atoms with Gasteiger partial charge in [0.05, 0.1) is 6.10 Å². The number of hydrogen-bond donors (Lipinski definition) is 1. The Hall–Kier alpha value is -0.160.